The maximum absolute atomic E-state index is 12.2. The zero-order valence-electron chi connectivity index (χ0n) is 18.8. The Bertz CT molecular complexity index is 1310. The number of H-pyrrole nitrogens is 1. The van der Waals surface area contributed by atoms with E-state index in [0.29, 0.717) is 31.0 Å². The topological polar surface area (TPSA) is 100 Å². The molecule has 2 aliphatic heterocycles. The summed E-state index contributed by atoms with van der Waals surface area (Å²) in [7, 11) is 1.35. The fourth-order valence-electron chi connectivity index (χ4n) is 4.42. The minimum atomic E-state index is -0.438. The summed E-state index contributed by atoms with van der Waals surface area (Å²) in [4.78, 5) is 37.9. The Kier molecular flexibility index (Phi) is 5.53. The molecule has 1 aromatic carbocycles. The second-order valence-electron chi connectivity index (χ2n) is 8.24. The van der Waals surface area contributed by atoms with Crippen molar-refractivity contribution in [3.8, 4) is 5.75 Å². The summed E-state index contributed by atoms with van der Waals surface area (Å²) in [5, 5.41) is 0. The monoisotopic (exact) mass is 448 g/mol. The van der Waals surface area contributed by atoms with Crippen LogP contribution in [0.2, 0.25) is 0 Å². The van der Waals surface area contributed by atoms with Gasteiger partial charge in [0.1, 0.15) is 17.1 Å². The van der Waals surface area contributed by atoms with Gasteiger partial charge in [-0.15, -0.1) is 0 Å². The van der Waals surface area contributed by atoms with Crippen LogP contribution >= 0.6 is 0 Å². The maximum atomic E-state index is 12.2. The minimum Gasteiger partial charge on any atom is -0.492 e. The Morgan fingerprint density at radius 3 is 2.97 bits per heavy atom. The van der Waals surface area contributed by atoms with Crippen LogP contribution in [0.3, 0.4) is 0 Å². The highest BCUT2D eigenvalue weighted by Gasteiger charge is 2.29. The third kappa shape index (κ3) is 4.06. The van der Waals surface area contributed by atoms with Crippen LogP contribution in [-0.2, 0) is 17.7 Å². The number of rotatable bonds is 3. The van der Waals surface area contributed by atoms with Crippen molar-refractivity contribution in [2.45, 2.75) is 26.3 Å². The van der Waals surface area contributed by atoms with Crippen LogP contribution in [0.5, 0.6) is 5.75 Å². The summed E-state index contributed by atoms with van der Waals surface area (Å²) < 4.78 is 13.2. The lowest BCUT2D eigenvalue weighted by molar-refractivity contribution is -0.546. The lowest BCUT2D eigenvalue weighted by Gasteiger charge is -2.29. The van der Waals surface area contributed by atoms with Crippen molar-refractivity contribution >= 4 is 28.4 Å². The summed E-state index contributed by atoms with van der Waals surface area (Å²) in [6, 6.07) is 7.53. The lowest BCUT2D eigenvalue weighted by Crippen LogP contribution is -2.45. The molecule has 0 saturated carbocycles. The fraction of sp³-hybridized carbons (Fsp3) is 0.375. The normalized spacial score (nSPS) is 15.9. The summed E-state index contributed by atoms with van der Waals surface area (Å²) in [5.74, 6) is 0.389. The molecule has 0 fully saturated rings. The van der Waals surface area contributed by atoms with Crippen molar-refractivity contribution in [1.82, 2.24) is 15.0 Å². The van der Waals surface area contributed by atoms with E-state index in [9.17, 15) is 9.59 Å². The number of hydrogen-bond acceptors (Lipinski definition) is 7. The van der Waals surface area contributed by atoms with Crippen molar-refractivity contribution in [2.24, 2.45) is 0 Å². The number of fused-ring (bicyclic) bond motifs is 2. The number of aryl methyl sites for hydroxylation is 1. The van der Waals surface area contributed by atoms with Gasteiger partial charge >= 0.3 is 5.97 Å². The molecule has 0 unspecified atom stereocenters. The predicted octanol–water partition coefficient (Wildman–Crippen LogP) is 1.92. The molecule has 2 aliphatic rings. The number of methoxy groups -OCH3 is 1. The number of nitrogens with one attached hydrogen (secondary N) is 1. The summed E-state index contributed by atoms with van der Waals surface area (Å²) in [6.45, 7) is 5.67. The molecule has 4 heterocycles. The molecule has 0 bridgehead atoms. The van der Waals surface area contributed by atoms with Gasteiger partial charge in [0.2, 0.25) is 0 Å². The molecule has 1 N–H and O–H groups in total. The van der Waals surface area contributed by atoms with Crippen LogP contribution in [0.1, 0.15) is 35.1 Å². The average molecular weight is 449 g/mol. The predicted molar refractivity (Wildman–Crippen MR) is 123 cm³/mol. The Balaban J connectivity index is 1.41. The van der Waals surface area contributed by atoms with Gasteiger partial charge in [-0.2, -0.15) is 0 Å². The van der Waals surface area contributed by atoms with Crippen LogP contribution in [-0.4, -0.2) is 64.6 Å². The quantitative estimate of drug-likeness (QED) is 0.483. The van der Waals surface area contributed by atoms with E-state index in [1.165, 1.54) is 12.8 Å². The molecule has 2 aromatic heterocycles. The van der Waals surface area contributed by atoms with Crippen molar-refractivity contribution in [2.75, 3.05) is 38.3 Å². The van der Waals surface area contributed by atoms with Gasteiger partial charge in [-0.3, -0.25) is 4.79 Å². The van der Waals surface area contributed by atoms with E-state index < -0.39 is 5.97 Å². The standard InChI is InChI=1S/C24H25N5O4/c1-3-18-23(30)27-20-10-15-13-28-7-8-29(16-4-5-19(25-12-16)24(31)32-2)14-17(28)6-9-33-22(15)11-21(20)26-18/h4-5,10-12H,3,6-9,13-14H2,1-2H3/p+1. The van der Waals surface area contributed by atoms with Crippen molar-refractivity contribution < 1.29 is 18.8 Å². The van der Waals surface area contributed by atoms with Crippen LogP contribution in [0, 0.1) is 0 Å². The fourth-order valence-corrected chi connectivity index (χ4v) is 4.42. The summed E-state index contributed by atoms with van der Waals surface area (Å²) in [6.07, 6.45) is 3.13. The van der Waals surface area contributed by atoms with Gasteiger partial charge in [0, 0.05) is 6.07 Å². The number of anilines is 1. The first-order chi connectivity index (χ1) is 16.1. The van der Waals surface area contributed by atoms with Crippen molar-refractivity contribution in [3.05, 3.63) is 57.8 Å². The summed E-state index contributed by atoms with van der Waals surface area (Å²) in [5.41, 5.74) is 5.49. The highest BCUT2D eigenvalue weighted by molar-refractivity contribution is 5.88. The van der Waals surface area contributed by atoms with Crippen molar-refractivity contribution in [3.63, 3.8) is 0 Å². The number of aromatic nitrogens is 3. The van der Waals surface area contributed by atoms with Gasteiger partial charge in [-0.05, 0) is 24.6 Å². The van der Waals surface area contributed by atoms with Crippen LogP contribution in [0.25, 0.3) is 11.0 Å². The molecule has 33 heavy (non-hydrogen) atoms. The van der Waals surface area contributed by atoms with E-state index in [1.54, 1.807) is 12.3 Å². The molecule has 9 nitrogen and oxygen atoms in total. The number of esters is 1. The number of benzene rings is 1. The van der Waals surface area contributed by atoms with E-state index >= 15 is 0 Å². The molecule has 0 atom stereocenters. The van der Waals surface area contributed by atoms with Gasteiger partial charge in [-0.1, -0.05) is 6.92 Å². The molecular formula is C24H26N5O4+. The molecule has 5 rings (SSSR count). The Morgan fingerprint density at radius 2 is 2.21 bits per heavy atom. The second-order valence-corrected chi connectivity index (χ2v) is 8.24. The third-order valence-corrected chi connectivity index (χ3v) is 6.26. The van der Waals surface area contributed by atoms with E-state index in [0.717, 1.165) is 54.1 Å². The van der Waals surface area contributed by atoms with E-state index in [4.69, 9.17) is 9.47 Å². The van der Waals surface area contributed by atoms with Gasteiger partial charge in [0.25, 0.3) is 5.56 Å². The zero-order chi connectivity index (χ0) is 22.9. The Hall–Kier alpha value is -3.75. The number of pyridine rings is 1. The molecular weight excluding hydrogens is 422 g/mol. The Labute approximate surface area is 190 Å². The highest BCUT2D eigenvalue weighted by Crippen LogP contribution is 2.27. The molecule has 0 radical (unpaired) electrons. The number of carbonyl (C=O) groups excluding carboxylic acids is 1. The summed E-state index contributed by atoms with van der Waals surface area (Å²) >= 11 is 0. The number of hydrogen-bond donors (Lipinski definition) is 1. The van der Waals surface area contributed by atoms with Gasteiger partial charge in [0.05, 0.1) is 61.7 Å². The van der Waals surface area contributed by atoms with Crippen LogP contribution in [0.15, 0.2) is 35.3 Å². The van der Waals surface area contributed by atoms with E-state index in [2.05, 4.69) is 24.4 Å². The van der Waals surface area contributed by atoms with Gasteiger partial charge in [-0.25, -0.2) is 19.3 Å². The first-order valence-electron chi connectivity index (χ1n) is 11.1. The van der Waals surface area contributed by atoms with Crippen LogP contribution < -0.4 is 15.2 Å². The molecule has 170 valence electrons. The van der Waals surface area contributed by atoms with E-state index in [-0.39, 0.29) is 5.56 Å². The lowest BCUT2D eigenvalue weighted by atomic mass is 10.1. The molecule has 9 heteroatoms. The zero-order valence-corrected chi connectivity index (χ0v) is 18.8. The number of nitrogens with zero attached hydrogens (tertiary/aromatic N) is 4. The molecule has 0 spiro atoms. The minimum absolute atomic E-state index is 0.135. The first-order valence-corrected chi connectivity index (χ1v) is 11.1. The average Bonchev–Trinajstić information content (AvgIpc) is 2.83. The molecule has 0 saturated heterocycles. The largest absolute Gasteiger partial charge is 0.492 e. The maximum Gasteiger partial charge on any atom is 0.356 e. The van der Waals surface area contributed by atoms with E-state index in [1.807, 2.05) is 25.1 Å². The smallest absolute Gasteiger partial charge is 0.356 e. The highest BCUT2D eigenvalue weighted by atomic mass is 16.5. The van der Waals surface area contributed by atoms with Gasteiger partial charge < -0.3 is 19.4 Å². The Morgan fingerprint density at radius 1 is 1.33 bits per heavy atom. The molecule has 0 amide bonds. The van der Waals surface area contributed by atoms with Gasteiger partial charge in [0.15, 0.2) is 18.8 Å². The van der Waals surface area contributed by atoms with Crippen molar-refractivity contribution in [1.29, 1.82) is 0 Å². The second kappa shape index (κ2) is 8.65. The molecule has 0 aliphatic carbocycles. The molecule has 3 aromatic rings. The first kappa shape index (κ1) is 21.1. The number of ether oxygens (including phenoxy) is 2. The van der Waals surface area contributed by atoms with Crippen LogP contribution in [0.4, 0.5) is 5.69 Å². The number of aromatic amines is 1. The SMILES string of the molecule is CCc1nc2cc3c(cc2[nH]c1=O)C[N+]1=C(CCO3)CN(c2ccc(C(=O)OC)nc2)CC1. The third-order valence-electron chi connectivity index (χ3n) is 6.26. The number of carbonyl (C=O) groups is 1.